The van der Waals surface area contributed by atoms with Crippen molar-refractivity contribution in [1.82, 2.24) is 30.5 Å². The third kappa shape index (κ3) is 5.73. The lowest BCUT2D eigenvalue weighted by Gasteiger charge is -2.12. The van der Waals surface area contributed by atoms with Gasteiger partial charge in [0.15, 0.2) is 12.4 Å². The average Bonchev–Trinajstić information content (AvgIpc) is 3.37. The lowest BCUT2D eigenvalue weighted by molar-refractivity contribution is -0.130. The smallest absolute Gasteiger partial charge is 0.309 e. The summed E-state index contributed by atoms with van der Waals surface area (Å²) in [6.07, 6.45) is 0. The van der Waals surface area contributed by atoms with Gasteiger partial charge in [0.25, 0.3) is 11.8 Å². The molecule has 36 heavy (non-hydrogen) atoms. The molecule has 2 N–H and O–H groups in total. The Bertz CT molecular complexity index is 1310. The summed E-state index contributed by atoms with van der Waals surface area (Å²) < 4.78 is 7.00. The number of hydrogen-bond donors (Lipinski definition) is 2. The lowest BCUT2D eigenvalue weighted by atomic mass is 10.2. The summed E-state index contributed by atoms with van der Waals surface area (Å²) in [5.74, 6) is -0.750. The van der Waals surface area contributed by atoms with E-state index in [1.54, 1.807) is 37.0 Å². The van der Waals surface area contributed by atoms with E-state index < -0.39 is 11.8 Å². The van der Waals surface area contributed by atoms with Gasteiger partial charge in [0.1, 0.15) is 5.75 Å². The highest BCUT2D eigenvalue weighted by Crippen LogP contribution is 2.21. The molecular formula is C26H24N6O4. The molecule has 0 spiro atoms. The van der Waals surface area contributed by atoms with Crippen LogP contribution in [0.3, 0.4) is 0 Å². The lowest BCUT2D eigenvalue weighted by Crippen LogP contribution is -2.42. The third-order valence-electron chi connectivity index (χ3n) is 5.09. The van der Waals surface area contributed by atoms with Crippen LogP contribution in [-0.4, -0.2) is 58.1 Å². The minimum Gasteiger partial charge on any atom is -0.484 e. The fraction of sp³-hybridized carbons (Fsp3) is 0.115. The monoisotopic (exact) mass is 484 g/mol. The number of carbonyl (C=O) groups is 3. The fourth-order valence-electron chi connectivity index (χ4n) is 3.17. The predicted octanol–water partition coefficient (Wildman–Crippen LogP) is 2.48. The van der Waals surface area contributed by atoms with Gasteiger partial charge in [-0.25, -0.2) is 9.67 Å². The molecule has 0 aliphatic heterocycles. The number of hydrogen-bond acceptors (Lipinski definition) is 6. The van der Waals surface area contributed by atoms with Crippen LogP contribution in [-0.2, 0) is 4.79 Å². The molecule has 0 aliphatic rings. The maximum atomic E-state index is 12.8. The molecule has 0 atom stereocenters. The summed E-state index contributed by atoms with van der Waals surface area (Å²) in [5, 5.41) is 4.36. The first-order valence-corrected chi connectivity index (χ1v) is 11.0. The van der Waals surface area contributed by atoms with Crippen molar-refractivity contribution in [2.24, 2.45) is 0 Å². The standard InChI is InChI=1S/C26H24N6O4/c1-31(2)22(33)17-36-21-15-9-12-19(16-21)25(34)28-29-26(35)23-27-24(18-10-5-3-6-11-18)32(30-23)20-13-7-4-8-14-20/h3-16H,17H2,1-2H3,(H,28,34)(H,29,35). The Hall–Kier alpha value is -4.99. The van der Waals surface area contributed by atoms with E-state index in [9.17, 15) is 14.4 Å². The van der Waals surface area contributed by atoms with Crippen molar-refractivity contribution >= 4 is 17.7 Å². The number of benzene rings is 3. The van der Waals surface area contributed by atoms with Crippen molar-refractivity contribution in [3.63, 3.8) is 0 Å². The van der Waals surface area contributed by atoms with Gasteiger partial charge in [-0.2, -0.15) is 0 Å². The van der Waals surface area contributed by atoms with Crippen molar-refractivity contribution in [1.29, 1.82) is 0 Å². The Morgan fingerprint density at radius 1 is 0.861 bits per heavy atom. The van der Waals surface area contributed by atoms with Crippen molar-refractivity contribution in [2.45, 2.75) is 0 Å². The molecule has 1 heterocycles. The molecule has 182 valence electrons. The summed E-state index contributed by atoms with van der Waals surface area (Å²) in [4.78, 5) is 42.9. The minimum atomic E-state index is -0.681. The molecule has 0 saturated carbocycles. The van der Waals surface area contributed by atoms with Crippen LogP contribution in [0.4, 0.5) is 0 Å². The van der Waals surface area contributed by atoms with Gasteiger partial charge >= 0.3 is 5.91 Å². The van der Waals surface area contributed by atoms with E-state index in [4.69, 9.17) is 4.74 Å². The number of nitrogens with zero attached hydrogens (tertiary/aromatic N) is 4. The van der Waals surface area contributed by atoms with E-state index in [0.717, 1.165) is 11.3 Å². The molecule has 0 saturated heterocycles. The number of para-hydroxylation sites is 1. The Labute approximate surface area is 207 Å². The van der Waals surface area contributed by atoms with Crippen molar-refractivity contribution < 1.29 is 19.1 Å². The zero-order chi connectivity index (χ0) is 25.5. The first kappa shape index (κ1) is 24.1. The second-order valence-electron chi connectivity index (χ2n) is 7.89. The maximum Gasteiger partial charge on any atom is 0.309 e. The van der Waals surface area contributed by atoms with Crippen molar-refractivity contribution in [2.75, 3.05) is 20.7 Å². The average molecular weight is 485 g/mol. The first-order chi connectivity index (χ1) is 17.4. The van der Waals surface area contributed by atoms with Crippen LogP contribution in [0.1, 0.15) is 21.0 Å². The number of aromatic nitrogens is 3. The number of rotatable bonds is 7. The van der Waals surface area contributed by atoms with E-state index in [1.807, 2.05) is 60.7 Å². The molecule has 0 unspecified atom stereocenters. The topological polar surface area (TPSA) is 118 Å². The number of ether oxygens (including phenoxy) is 1. The van der Waals surface area contributed by atoms with Crippen LogP contribution in [0.2, 0.25) is 0 Å². The molecule has 0 radical (unpaired) electrons. The Morgan fingerprint density at radius 3 is 2.22 bits per heavy atom. The normalized spacial score (nSPS) is 10.4. The fourth-order valence-corrected chi connectivity index (χ4v) is 3.17. The van der Waals surface area contributed by atoms with Gasteiger partial charge in [0.2, 0.25) is 5.82 Å². The summed E-state index contributed by atoms with van der Waals surface area (Å²) in [5.41, 5.74) is 6.45. The van der Waals surface area contributed by atoms with Crippen LogP contribution < -0.4 is 15.6 Å². The van der Waals surface area contributed by atoms with Crippen molar-refractivity contribution in [3.8, 4) is 22.8 Å². The van der Waals surface area contributed by atoms with Crippen LogP contribution in [0.25, 0.3) is 17.1 Å². The van der Waals surface area contributed by atoms with E-state index in [1.165, 1.54) is 11.0 Å². The van der Waals surface area contributed by atoms with E-state index in [0.29, 0.717) is 11.6 Å². The quantitative estimate of drug-likeness (QED) is 0.389. The number of nitrogens with one attached hydrogen (secondary N) is 2. The highest BCUT2D eigenvalue weighted by atomic mass is 16.5. The van der Waals surface area contributed by atoms with Crippen LogP contribution >= 0.6 is 0 Å². The second kappa shape index (κ2) is 11.0. The molecule has 0 aliphatic carbocycles. The first-order valence-electron chi connectivity index (χ1n) is 11.0. The van der Waals surface area contributed by atoms with Gasteiger partial charge in [0, 0.05) is 25.2 Å². The molecule has 3 aromatic carbocycles. The molecule has 0 bridgehead atoms. The molecule has 10 heteroatoms. The van der Waals surface area contributed by atoms with Crippen LogP contribution in [0.5, 0.6) is 5.75 Å². The Balaban J connectivity index is 1.47. The zero-order valence-electron chi connectivity index (χ0n) is 19.7. The third-order valence-corrected chi connectivity index (χ3v) is 5.09. The molecule has 1 aromatic heterocycles. The van der Waals surface area contributed by atoms with Crippen LogP contribution in [0, 0.1) is 0 Å². The highest BCUT2D eigenvalue weighted by molar-refractivity contribution is 5.98. The SMILES string of the molecule is CN(C)C(=O)COc1cccc(C(=O)NNC(=O)c2nc(-c3ccccc3)n(-c3ccccc3)n2)c1. The Kier molecular flexibility index (Phi) is 7.35. The van der Waals surface area contributed by atoms with Crippen molar-refractivity contribution in [3.05, 3.63) is 96.3 Å². The molecule has 4 aromatic rings. The second-order valence-corrected chi connectivity index (χ2v) is 7.89. The number of amides is 3. The van der Waals surface area contributed by atoms with Gasteiger partial charge < -0.3 is 9.64 Å². The van der Waals surface area contributed by atoms with E-state index >= 15 is 0 Å². The van der Waals surface area contributed by atoms with Gasteiger partial charge in [0.05, 0.1) is 5.69 Å². The van der Waals surface area contributed by atoms with E-state index in [2.05, 4.69) is 20.9 Å². The summed E-state index contributed by atoms with van der Waals surface area (Å²) in [6.45, 7) is -0.158. The predicted molar refractivity (Wildman–Crippen MR) is 132 cm³/mol. The van der Waals surface area contributed by atoms with Gasteiger partial charge in [-0.05, 0) is 30.3 Å². The Morgan fingerprint density at radius 2 is 1.53 bits per heavy atom. The molecule has 10 nitrogen and oxygen atoms in total. The highest BCUT2D eigenvalue weighted by Gasteiger charge is 2.19. The molecule has 3 amide bonds. The maximum absolute atomic E-state index is 12.8. The van der Waals surface area contributed by atoms with Gasteiger partial charge in [-0.1, -0.05) is 54.6 Å². The largest absolute Gasteiger partial charge is 0.484 e. The summed E-state index contributed by atoms with van der Waals surface area (Å²) >= 11 is 0. The molecular weight excluding hydrogens is 460 g/mol. The number of carbonyl (C=O) groups excluding carboxylic acids is 3. The molecule has 4 rings (SSSR count). The number of likely N-dealkylation sites (N-methyl/N-ethyl adjacent to an activating group) is 1. The summed E-state index contributed by atoms with van der Waals surface area (Å²) in [6, 6.07) is 24.9. The van der Waals surface area contributed by atoms with E-state index in [-0.39, 0.29) is 23.9 Å². The van der Waals surface area contributed by atoms with Crippen LogP contribution in [0.15, 0.2) is 84.9 Å². The summed E-state index contributed by atoms with van der Waals surface area (Å²) in [7, 11) is 3.25. The number of hydrazine groups is 1. The minimum absolute atomic E-state index is 0.114. The molecule has 0 fully saturated rings. The van der Waals surface area contributed by atoms with Gasteiger partial charge in [-0.15, -0.1) is 5.10 Å². The van der Waals surface area contributed by atoms with Gasteiger partial charge in [-0.3, -0.25) is 25.2 Å². The zero-order valence-corrected chi connectivity index (χ0v) is 19.7.